The molecule has 0 fully saturated rings. The molecule has 0 aromatic heterocycles. The fourth-order valence-corrected chi connectivity index (χ4v) is 2.75. The van der Waals surface area contributed by atoms with Crippen LogP contribution in [0.15, 0.2) is 54.6 Å². The highest BCUT2D eigenvalue weighted by Gasteiger charge is 2.47. The first-order valence-electron chi connectivity index (χ1n) is 7.46. The minimum absolute atomic E-state index is 0.0365. The fraction of sp³-hybridized carbons (Fsp3) is 0.278. The zero-order valence-corrected chi connectivity index (χ0v) is 14.3. The highest BCUT2D eigenvalue weighted by molar-refractivity contribution is 6.13. The van der Waals surface area contributed by atoms with Crippen molar-refractivity contribution in [3.05, 3.63) is 60.2 Å². The van der Waals surface area contributed by atoms with Crippen LogP contribution in [0, 0.1) is 0 Å². The first-order valence-corrected chi connectivity index (χ1v) is 7.84. The second-order valence-corrected chi connectivity index (χ2v) is 5.53. The highest BCUT2D eigenvalue weighted by atomic mass is 35.5. The maximum atomic E-state index is 12.6. The molecular formula is C18H20ClNO4. The first kappa shape index (κ1) is 18.3. The van der Waals surface area contributed by atoms with E-state index in [4.69, 9.17) is 21.3 Å². The molecule has 0 saturated carbocycles. The monoisotopic (exact) mass is 349 g/mol. The zero-order chi connectivity index (χ0) is 17.6. The van der Waals surface area contributed by atoms with Gasteiger partial charge in [0.1, 0.15) is 6.10 Å². The predicted molar refractivity (Wildman–Crippen MR) is 92.3 cm³/mol. The zero-order valence-electron chi connectivity index (χ0n) is 13.5. The standard InChI is InChI=1S/C18H20ClNO4/c1-13(21)18(17(22)12-20-19,14-8-4-3-5-9-14)24-16-11-7-6-10-15(16)23-2/h3-11,17,20,22H,12H2,1-2H3. The van der Waals surface area contributed by atoms with Crippen LogP contribution in [0.25, 0.3) is 0 Å². The SMILES string of the molecule is COc1ccccc1OC(C(C)=O)(c1ccccc1)C(O)CNCl. The molecule has 2 aromatic carbocycles. The predicted octanol–water partition coefficient (Wildman–Crippen LogP) is 2.66. The molecule has 2 atom stereocenters. The normalized spacial score (nSPS) is 14.5. The molecule has 5 nitrogen and oxygen atoms in total. The smallest absolute Gasteiger partial charge is 0.218 e. The number of carbonyl (C=O) groups is 1. The van der Waals surface area contributed by atoms with Crippen LogP contribution in [-0.4, -0.2) is 30.6 Å². The van der Waals surface area contributed by atoms with Gasteiger partial charge in [-0.3, -0.25) is 4.79 Å². The van der Waals surface area contributed by atoms with E-state index in [0.29, 0.717) is 17.1 Å². The molecule has 0 aliphatic carbocycles. The number of Topliss-reactive ketones (excluding diaryl/α,β-unsaturated/α-hetero) is 1. The van der Waals surface area contributed by atoms with E-state index in [-0.39, 0.29) is 12.3 Å². The number of rotatable bonds is 8. The van der Waals surface area contributed by atoms with E-state index in [1.807, 2.05) is 6.07 Å². The lowest BCUT2D eigenvalue weighted by Gasteiger charge is -2.36. The summed E-state index contributed by atoms with van der Waals surface area (Å²) >= 11 is 5.55. The van der Waals surface area contributed by atoms with Gasteiger partial charge in [0.25, 0.3) is 0 Å². The van der Waals surface area contributed by atoms with E-state index in [9.17, 15) is 9.90 Å². The topological polar surface area (TPSA) is 67.8 Å². The average molecular weight is 350 g/mol. The number of hydrogen-bond donors (Lipinski definition) is 2. The lowest BCUT2D eigenvalue weighted by Crippen LogP contribution is -2.53. The Labute approximate surface area is 146 Å². The van der Waals surface area contributed by atoms with E-state index in [1.165, 1.54) is 14.0 Å². The molecule has 0 spiro atoms. The summed E-state index contributed by atoms with van der Waals surface area (Å²) in [6, 6.07) is 15.8. The van der Waals surface area contributed by atoms with Crippen LogP contribution >= 0.6 is 11.8 Å². The van der Waals surface area contributed by atoms with E-state index in [2.05, 4.69) is 4.84 Å². The van der Waals surface area contributed by atoms with Crippen molar-refractivity contribution >= 4 is 17.6 Å². The first-order chi connectivity index (χ1) is 11.6. The largest absolute Gasteiger partial charge is 0.493 e. The summed E-state index contributed by atoms with van der Waals surface area (Å²) in [6.45, 7) is 1.34. The van der Waals surface area contributed by atoms with Crippen LogP contribution in [0.1, 0.15) is 12.5 Å². The molecule has 0 heterocycles. The molecule has 24 heavy (non-hydrogen) atoms. The van der Waals surface area contributed by atoms with Crippen LogP contribution in [0.5, 0.6) is 11.5 Å². The molecule has 2 N–H and O–H groups in total. The van der Waals surface area contributed by atoms with Crippen molar-refractivity contribution in [3.63, 3.8) is 0 Å². The number of carbonyl (C=O) groups excluding carboxylic acids is 1. The van der Waals surface area contributed by atoms with Crippen molar-refractivity contribution in [2.24, 2.45) is 0 Å². The van der Waals surface area contributed by atoms with Crippen molar-refractivity contribution < 1.29 is 19.4 Å². The van der Waals surface area contributed by atoms with Gasteiger partial charge in [-0.05, 0) is 30.8 Å². The Morgan fingerprint density at radius 1 is 1.17 bits per heavy atom. The van der Waals surface area contributed by atoms with Gasteiger partial charge in [0, 0.05) is 12.1 Å². The maximum Gasteiger partial charge on any atom is 0.218 e. The molecular weight excluding hydrogens is 330 g/mol. The van der Waals surface area contributed by atoms with E-state index >= 15 is 0 Å². The van der Waals surface area contributed by atoms with Gasteiger partial charge >= 0.3 is 0 Å². The van der Waals surface area contributed by atoms with Gasteiger partial charge in [-0.2, -0.15) is 0 Å². The summed E-state index contributed by atoms with van der Waals surface area (Å²) in [5.74, 6) is 0.469. The third-order valence-corrected chi connectivity index (χ3v) is 3.96. The van der Waals surface area contributed by atoms with Gasteiger partial charge in [-0.1, -0.05) is 42.5 Å². The summed E-state index contributed by atoms with van der Waals surface area (Å²) in [6.07, 6.45) is -1.21. The van der Waals surface area contributed by atoms with Gasteiger partial charge in [0.2, 0.25) is 5.60 Å². The molecule has 0 bridgehead atoms. The number of benzene rings is 2. The van der Waals surface area contributed by atoms with Gasteiger partial charge in [0.15, 0.2) is 17.3 Å². The third-order valence-electron chi connectivity index (χ3n) is 3.81. The van der Waals surface area contributed by atoms with Crippen LogP contribution in [-0.2, 0) is 10.4 Å². The number of aliphatic hydroxyl groups excluding tert-OH is 1. The number of halogens is 1. The van der Waals surface area contributed by atoms with Gasteiger partial charge in [-0.15, -0.1) is 0 Å². The Morgan fingerprint density at radius 3 is 2.29 bits per heavy atom. The third kappa shape index (κ3) is 3.53. The second kappa shape index (κ2) is 8.15. The van der Waals surface area contributed by atoms with Crippen LogP contribution in [0.3, 0.4) is 0 Å². The van der Waals surface area contributed by atoms with Gasteiger partial charge < -0.3 is 14.6 Å². The molecule has 2 rings (SSSR count). The van der Waals surface area contributed by atoms with Crippen molar-refractivity contribution in [2.75, 3.05) is 13.7 Å². The van der Waals surface area contributed by atoms with Crippen LogP contribution in [0.4, 0.5) is 0 Å². The Bertz CT molecular complexity index is 680. The maximum absolute atomic E-state index is 12.6. The number of ether oxygens (including phenoxy) is 2. The second-order valence-electron chi connectivity index (χ2n) is 5.26. The van der Waals surface area contributed by atoms with Crippen molar-refractivity contribution in [1.29, 1.82) is 0 Å². The number of aliphatic hydroxyl groups is 1. The molecule has 6 heteroatoms. The molecule has 128 valence electrons. The molecule has 0 radical (unpaired) electrons. The minimum Gasteiger partial charge on any atom is -0.493 e. The number of methoxy groups -OCH3 is 1. The van der Waals surface area contributed by atoms with Gasteiger partial charge in [0.05, 0.1) is 7.11 Å². The summed E-state index contributed by atoms with van der Waals surface area (Å²) < 4.78 is 11.3. The van der Waals surface area contributed by atoms with E-state index in [0.717, 1.165) is 0 Å². The molecule has 2 unspecified atom stereocenters. The molecule has 0 aliphatic heterocycles. The molecule has 0 saturated heterocycles. The Hall–Kier alpha value is -2.08. The molecule has 2 aromatic rings. The number of hydrogen-bond acceptors (Lipinski definition) is 5. The molecule has 0 amide bonds. The molecule has 0 aliphatic rings. The summed E-state index contributed by atoms with van der Waals surface area (Å²) in [5.41, 5.74) is -1.08. The van der Waals surface area contributed by atoms with Crippen molar-refractivity contribution in [2.45, 2.75) is 18.6 Å². The Morgan fingerprint density at radius 2 is 1.75 bits per heavy atom. The highest BCUT2D eigenvalue weighted by Crippen LogP contribution is 2.37. The number of para-hydroxylation sites is 2. The Kier molecular flexibility index (Phi) is 6.20. The summed E-state index contributed by atoms with van der Waals surface area (Å²) in [4.78, 5) is 15.0. The fourth-order valence-electron chi connectivity index (χ4n) is 2.61. The number of nitrogens with one attached hydrogen (secondary N) is 1. The van der Waals surface area contributed by atoms with E-state index in [1.54, 1.807) is 48.5 Å². The lowest BCUT2D eigenvalue weighted by atomic mass is 9.84. The van der Waals surface area contributed by atoms with Crippen molar-refractivity contribution in [1.82, 2.24) is 4.84 Å². The van der Waals surface area contributed by atoms with Crippen LogP contribution < -0.4 is 14.3 Å². The number of ketones is 1. The lowest BCUT2D eigenvalue weighted by molar-refractivity contribution is -0.144. The van der Waals surface area contributed by atoms with E-state index < -0.39 is 11.7 Å². The van der Waals surface area contributed by atoms with Crippen LogP contribution in [0.2, 0.25) is 0 Å². The Balaban J connectivity index is 2.59. The average Bonchev–Trinajstić information content (AvgIpc) is 2.60. The quantitative estimate of drug-likeness (QED) is 0.717. The van der Waals surface area contributed by atoms with Gasteiger partial charge in [-0.25, -0.2) is 4.84 Å². The minimum atomic E-state index is -1.61. The summed E-state index contributed by atoms with van der Waals surface area (Å²) in [7, 11) is 1.51. The van der Waals surface area contributed by atoms with Crippen molar-refractivity contribution in [3.8, 4) is 11.5 Å². The summed E-state index contributed by atoms with van der Waals surface area (Å²) in [5, 5.41) is 10.7.